The number of imidazole rings is 1. The fourth-order valence-corrected chi connectivity index (χ4v) is 2.19. The van der Waals surface area contributed by atoms with Crippen molar-refractivity contribution in [3.63, 3.8) is 0 Å². The number of hydrogen-bond donors (Lipinski definition) is 3. The average Bonchev–Trinajstić information content (AvgIpc) is 2.87. The lowest BCUT2D eigenvalue weighted by molar-refractivity contribution is 0.0825. The lowest BCUT2D eigenvalue weighted by Crippen LogP contribution is -2.38. The molecule has 0 aliphatic carbocycles. The lowest BCUT2D eigenvalue weighted by atomic mass is 10.3. The van der Waals surface area contributed by atoms with Gasteiger partial charge in [-0.05, 0) is 0 Å². The molecule has 0 aliphatic heterocycles. The highest BCUT2D eigenvalue weighted by molar-refractivity contribution is 5.74. The molecule has 0 bridgehead atoms. The van der Waals surface area contributed by atoms with Crippen LogP contribution in [0.15, 0.2) is 22.2 Å². The van der Waals surface area contributed by atoms with Gasteiger partial charge in [0.1, 0.15) is 0 Å². The highest BCUT2D eigenvalue weighted by Gasteiger charge is 2.20. The Morgan fingerprint density at radius 3 is 2.64 bits per heavy atom. The SMILES string of the molecule is C=CCNc1nc2c(c(=O)n(C)c(=O)n2C)n1CC(O)CO. The van der Waals surface area contributed by atoms with Gasteiger partial charge in [0.15, 0.2) is 11.2 Å². The Labute approximate surface area is 125 Å². The summed E-state index contributed by atoms with van der Waals surface area (Å²) >= 11 is 0. The van der Waals surface area contributed by atoms with E-state index in [1.807, 2.05) is 0 Å². The van der Waals surface area contributed by atoms with Crippen molar-refractivity contribution >= 4 is 17.1 Å². The second-order valence-electron chi connectivity index (χ2n) is 4.93. The molecule has 9 heteroatoms. The minimum atomic E-state index is -1.05. The molecule has 0 radical (unpaired) electrons. The smallest absolute Gasteiger partial charge is 0.332 e. The number of nitrogens with zero attached hydrogens (tertiary/aromatic N) is 4. The van der Waals surface area contributed by atoms with E-state index in [0.717, 1.165) is 4.57 Å². The van der Waals surface area contributed by atoms with Crippen LogP contribution in [0, 0.1) is 0 Å². The zero-order valence-corrected chi connectivity index (χ0v) is 12.5. The molecule has 120 valence electrons. The number of nitrogens with one attached hydrogen (secondary N) is 1. The number of rotatable bonds is 6. The van der Waals surface area contributed by atoms with Gasteiger partial charge in [0.25, 0.3) is 5.56 Å². The number of hydrogen-bond acceptors (Lipinski definition) is 6. The average molecular weight is 309 g/mol. The molecule has 2 aromatic rings. The van der Waals surface area contributed by atoms with Gasteiger partial charge in [-0.3, -0.25) is 13.9 Å². The molecule has 0 saturated heterocycles. The first-order valence-electron chi connectivity index (χ1n) is 6.72. The van der Waals surface area contributed by atoms with Crippen molar-refractivity contribution < 1.29 is 10.2 Å². The Morgan fingerprint density at radius 1 is 1.36 bits per heavy atom. The molecule has 0 fully saturated rings. The summed E-state index contributed by atoms with van der Waals surface area (Å²) in [6.07, 6.45) is 0.562. The highest BCUT2D eigenvalue weighted by atomic mass is 16.3. The fourth-order valence-electron chi connectivity index (χ4n) is 2.19. The second kappa shape index (κ2) is 6.16. The second-order valence-corrected chi connectivity index (χ2v) is 4.93. The van der Waals surface area contributed by atoms with Crippen molar-refractivity contribution in [1.29, 1.82) is 0 Å². The molecule has 2 heterocycles. The van der Waals surface area contributed by atoms with Crippen molar-refractivity contribution in [2.75, 3.05) is 18.5 Å². The number of aliphatic hydroxyl groups excluding tert-OH is 2. The molecule has 2 rings (SSSR count). The van der Waals surface area contributed by atoms with Crippen molar-refractivity contribution in [2.24, 2.45) is 14.1 Å². The van der Waals surface area contributed by atoms with E-state index in [2.05, 4.69) is 16.9 Å². The molecule has 0 aromatic carbocycles. The van der Waals surface area contributed by atoms with Crippen LogP contribution in [0.25, 0.3) is 11.2 Å². The van der Waals surface area contributed by atoms with E-state index in [9.17, 15) is 14.7 Å². The standard InChI is InChI=1S/C13H19N5O4/c1-4-5-14-12-15-10-9(18(12)6-8(20)7-19)11(21)17(3)13(22)16(10)2/h4,8,19-20H,1,5-7H2,2-3H3,(H,14,15). The van der Waals surface area contributed by atoms with E-state index in [-0.39, 0.29) is 17.7 Å². The van der Waals surface area contributed by atoms with Gasteiger partial charge in [0, 0.05) is 20.6 Å². The van der Waals surface area contributed by atoms with E-state index < -0.39 is 24.0 Å². The van der Waals surface area contributed by atoms with Crippen LogP contribution in [0.3, 0.4) is 0 Å². The molecule has 2 aromatic heterocycles. The van der Waals surface area contributed by atoms with Gasteiger partial charge >= 0.3 is 5.69 Å². The van der Waals surface area contributed by atoms with Crippen LogP contribution in [0.4, 0.5) is 5.95 Å². The molecule has 0 aliphatic rings. The summed E-state index contributed by atoms with van der Waals surface area (Å²) in [5.41, 5.74) is -0.601. The molecular formula is C13H19N5O4. The van der Waals surface area contributed by atoms with Crippen LogP contribution in [-0.2, 0) is 20.6 Å². The van der Waals surface area contributed by atoms with Gasteiger partial charge in [-0.15, -0.1) is 6.58 Å². The summed E-state index contributed by atoms with van der Waals surface area (Å²) in [7, 11) is 2.89. The first-order chi connectivity index (χ1) is 10.4. The molecule has 1 unspecified atom stereocenters. The molecule has 1 atom stereocenters. The maximum Gasteiger partial charge on any atom is 0.332 e. The first kappa shape index (κ1) is 16.0. The van der Waals surface area contributed by atoms with Gasteiger partial charge in [0.05, 0.1) is 19.3 Å². The maximum absolute atomic E-state index is 12.4. The minimum Gasteiger partial charge on any atom is -0.394 e. The van der Waals surface area contributed by atoms with Crippen molar-refractivity contribution in [1.82, 2.24) is 18.7 Å². The van der Waals surface area contributed by atoms with Crippen molar-refractivity contribution in [3.8, 4) is 0 Å². The van der Waals surface area contributed by atoms with Gasteiger partial charge in [0.2, 0.25) is 5.95 Å². The predicted molar refractivity (Wildman–Crippen MR) is 82.0 cm³/mol. The van der Waals surface area contributed by atoms with Crippen molar-refractivity contribution in [3.05, 3.63) is 33.5 Å². The lowest BCUT2D eigenvalue weighted by Gasteiger charge is -2.13. The van der Waals surface area contributed by atoms with E-state index in [1.165, 1.54) is 23.2 Å². The molecule has 9 nitrogen and oxygen atoms in total. The third kappa shape index (κ3) is 2.55. The number of aliphatic hydroxyl groups is 2. The van der Waals surface area contributed by atoms with Gasteiger partial charge in [-0.2, -0.15) is 4.98 Å². The monoisotopic (exact) mass is 309 g/mol. The zero-order valence-electron chi connectivity index (χ0n) is 12.5. The Hall–Kier alpha value is -2.39. The highest BCUT2D eigenvalue weighted by Crippen LogP contribution is 2.16. The fraction of sp³-hybridized carbons (Fsp3) is 0.462. The molecule has 0 amide bonds. The Balaban J connectivity index is 2.78. The van der Waals surface area contributed by atoms with E-state index in [0.29, 0.717) is 12.5 Å². The van der Waals surface area contributed by atoms with E-state index >= 15 is 0 Å². The zero-order chi connectivity index (χ0) is 16.4. The van der Waals surface area contributed by atoms with E-state index in [4.69, 9.17) is 5.11 Å². The third-order valence-corrected chi connectivity index (χ3v) is 3.36. The molecule has 3 N–H and O–H groups in total. The topological polar surface area (TPSA) is 114 Å². The summed E-state index contributed by atoms with van der Waals surface area (Å²) in [5.74, 6) is 0.320. The van der Waals surface area contributed by atoms with E-state index in [1.54, 1.807) is 6.08 Å². The molecule has 0 saturated carbocycles. The maximum atomic E-state index is 12.4. The van der Waals surface area contributed by atoms with Crippen LogP contribution >= 0.6 is 0 Å². The van der Waals surface area contributed by atoms with Gasteiger partial charge < -0.3 is 20.1 Å². The first-order valence-corrected chi connectivity index (χ1v) is 6.72. The number of aromatic nitrogens is 4. The Kier molecular flexibility index (Phi) is 4.48. The summed E-state index contributed by atoms with van der Waals surface area (Å²) in [6, 6.07) is 0. The van der Waals surface area contributed by atoms with Crippen LogP contribution in [0.1, 0.15) is 0 Å². The summed E-state index contributed by atoms with van der Waals surface area (Å²) in [4.78, 5) is 28.6. The Morgan fingerprint density at radius 2 is 2.05 bits per heavy atom. The Bertz CT molecular complexity index is 816. The molecule has 0 spiro atoms. The van der Waals surface area contributed by atoms with Crippen LogP contribution in [-0.4, -0.2) is 48.2 Å². The number of fused-ring (bicyclic) bond motifs is 1. The number of anilines is 1. The number of aryl methyl sites for hydroxylation is 1. The van der Waals surface area contributed by atoms with Crippen LogP contribution < -0.4 is 16.6 Å². The van der Waals surface area contributed by atoms with Gasteiger partial charge in [-0.25, -0.2) is 4.79 Å². The van der Waals surface area contributed by atoms with Gasteiger partial charge in [-0.1, -0.05) is 6.08 Å². The predicted octanol–water partition coefficient (Wildman–Crippen LogP) is -1.62. The summed E-state index contributed by atoms with van der Waals surface area (Å²) in [6.45, 7) is 3.51. The summed E-state index contributed by atoms with van der Waals surface area (Å²) in [5, 5.41) is 21.7. The largest absolute Gasteiger partial charge is 0.394 e. The minimum absolute atomic E-state index is 0.0279. The molecule has 22 heavy (non-hydrogen) atoms. The third-order valence-electron chi connectivity index (χ3n) is 3.36. The normalized spacial score (nSPS) is 12.5. The van der Waals surface area contributed by atoms with Crippen molar-refractivity contribution in [2.45, 2.75) is 12.6 Å². The summed E-state index contributed by atoms with van der Waals surface area (Å²) < 4.78 is 3.70. The molecular weight excluding hydrogens is 290 g/mol. The van der Waals surface area contributed by atoms with Crippen LogP contribution in [0.2, 0.25) is 0 Å². The quantitative estimate of drug-likeness (QED) is 0.553. The van der Waals surface area contributed by atoms with Crippen LogP contribution in [0.5, 0.6) is 0 Å².